The summed E-state index contributed by atoms with van der Waals surface area (Å²) in [7, 11) is 0. The van der Waals surface area contributed by atoms with Gasteiger partial charge in [0.15, 0.2) is 0 Å². The first-order chi connectivity index (χ1) is 12.0. The van der Waals surface area contributed by atoms with Crippen LogP contribution in [-0.2, 0) is 10.2 Å². The molecule has 1 aliphatic carbocycles. The third kappa shape index (κ3) is 2.50. The average molecular weight is 336 g/mol. The summed E-state index contributed by atoms with van der Waals surface area (Å²) in [6, 6.07) is 7.93. The largest absolute Gasteiger partial charge is 0.341 e. The number of nitrogens with zero attached hydrogens (tertiary/aromatic N) is 2. The number of allylic oxidation sites excluding steroid dienone is 1. The molecule has 1 atom stereocenters. The molecule has 25 heavy (non-hydrogen) atoms. The molecule has 0 bridgehead atoms. The zero-order valence-corrected chi connectivity index (χ0v) is 14.7. The molecule has 1 aromatic heterocycles. The first kappa shape index (κ1) is 16.1. The fourth-order valence-corrected chi connectivity index (χ4v) is 4.33. The first-order valence-corrected chi connectivity index (χ1v) is 8.86. The van der Waals surface area contributed by atoms with Crippen molar-refractivity contribution >= 4 is 12.0 Å². The highest BCUT2D eigenvalue weighted by molar-refractivity contribution is 5.84. The molecule has 1 saturated heterocycles. The minimum atomic E-state index is -0.640. The van der Waals surface area contributed by atoms with Crippen molar-refractivity contribution in [3.05, 3.63) is 58.4 Å². The second-order valence-electron chi connectivity index (χ2n) is 7.23. The predicted molar refractivity (Wildman–Crippen MR) is 98.0 cm³/mol. The number of fused-ring (bicyclic) bond motifs is 2. The van der Waals surface area contributed by atoms with Crippen LogP contribution in [0.5, 0.6) is 0 Å². The summed E-state index contributed by atoms with van der Waals surface area (Å²) in [5.41, 5.74) is 11.6. The maximum atomic E-state index is 12.9. The Morgan fingerprint density at radius 3 is 2.68 bits per heavy atom. The lowest BCUT2D eigenvalue weighted by Crippen LogP contribution is -2.47. The average Bonchev–Trinajstić information content (AvgIpc) is 3.16. The van der Waals surface area contributed by atoms with Gasteiger partial charge in [0.2, 0.25) is 5.91 Å². The highest BCUT2D eigenvalue weighted by Gasteiger charge is 2.40. The number of nitrogens with two attached hydrogens (primary N) is 1. The molecule has 2 aliphatic rings. The van der Waals surface area contributed by atoms with Crippen LogP contribution in [0.15, 0.2) is 30.3 Å². The maximum absolute atomic E-state index is 12.9. The van der Waals surface area contributed by atoms with Gasteiger partial charge in [-0.3, -0.25) is 9.89 Å². The first-order valence-electron chi connectivity index (χ1n) is 8.86. The number of benzene rings is 1. The zero-order chi connectivity index (χ0) is 17.6. The van der Waals surface area contributed by atoms with Gasteiger partial charge in [-0.2, -0.15) is 5.10 Å². The molecule has 0 saturated carbocycles. The number of piperidine rings is 1. The van der Waals surface area contributed by atoms with Gasteiger partial charge in [-0.05, 0) is 37.8 Å². The Labute approximate surface area is 147 Å². The molecule has 130 valence electrons. The van der Waals surface area contributed by atoms with Gasteiger partial charge in [0.05, 0.1) is 5.69 Å². The van der Waals surface area contributed by atoms with E-state index in [9.17, 15) is 4.79 Å². The molecule has 0 radical (unpaired) electrons. The van der Waals surface area contributed by atoms with Crippen LogP contribution in [0.4, 0.5) is 0 Å². The molecule has 1 spiro atoms. The summed E-state index contributed by atoms with van der Waals surface area (Å²) < 4.78 is 0. The van der Waals surface area contributed by atoms with E-state index in [2.05, 4.69) is 46.6 Å². The Bertz CT molecular complexity index is 824. The topological polar surface area (TPSA) is 75.0 Å². The van der Waals surface area contributed by atoms with Gasteiger partial charge in [-0.1, -0.05) is 36.4 Å². The number of likely N-dealkylation sites (tertiary alicyclic amines) is 1. The van der Waals surface area contributed by atoms with Crippen LogP contribution in [0, 0.1) is 13.8 Å². The number of aromatic amines is 1. The van der Waals surface area contributed by atoms with Gasteiger partial charge < -0.3 is 10.6 Å². The third-order valence-electron chi connectivity index (χ3n) is 5.81. The monoisotopic (exact) mass is 336 g/mol. The number of H-pyrrole nitrogens is 1. The van der Waals surface area contributed by atoms with Crippen molar-refractivity contribution in [2.75, 3.05) is 13.1 Å². The van der Waals surface area contributed by atoms with E-state index in [-0.39, 0.29) is 11.3 Å². The predicted octanol–water partition coefficient (Wildman–Crippen LogP) is 2.61. The Morgan fingerprint density at radius 1 is 1.28 bits per heavy atom. The van der Waals surface area contributed by atoms with Crippen molar-refractivity contribution < 1.29 is 4.79 Å². The molecule has 1 fully saturated rings. The minimum Gasteiger partial charge on any atom is -0.341 e. The highest BCUT2D eigenvalue weighted by atomic mass is 16.2. The second-order valence-corrected chi connectivity index (χ2v) is 7.23. The van der Waals surface area contributed by atoms with E-state index in [4.69, 9.17) is 5.73 Å². The van der Waals surface area contributed by atoms with E-state index in [0.29, 0.717) is 0 Å². The molecular formula is C20H24N4O. The van der Waals surface area contributed by atoms with Crippen molar-refractivity contribution in [1.82, 2.24) is 15.1 Å². The molecule has 1 aliphatic heterocycles. The molecule has 5 nitrogen and oxygen atoms in total. The van der Waals surface area contributed by atoms with E-state index in [1.165, 1.54) is 11.1 Å². The Hall–Kier alpha value is -2.40. The smallest absolute Gasteiger partial charge is 0.244 e. The van der Waals surface area contributed by atoms with Crippen LogP contribution in [-0.4, -0.2) is 34.1 Å². The molecule has 0 unspecified atom stereocenters. The van der Waals surface area contributed by atoms with E-state index in [1.54, 1.807) is 0 Å². The standard InChI is InChI=1S/C20H24N4O/c1-13-17(14(2)23-22-13)18(21)19(25)24-11-9-20(10-12-24)8-7-15-5-3-4-6-16(15)20/h3-8,18H,9-12,21H2,1-2H3,(H,22,23)/t18-/m1/s1. The number of hydrogen-bond donors (Lipinski definition) is 2. The number of aryl methyl sites for hydroxylation is 2. The Morgan fingerprint density at radius 2 is 2.00 bits per heavy atom. The summed E-state index contributed by atoms with van der Waals surface area (Å²) in [4.78, 5) is 14.8. The van der Waals surface area contributed by atoms with Crippen LogP contribution >= 0.6 is 0 Å². The third-order valence-corrected chi connectivity index (χ3v) is 5.81. The summed E-state index contributed by atoms with van der Waals surface area (Å²) in [6.07, 6.45) is 6.44. The molecular weight excluding hydrogens is 312 g/mol. The van der Waals surface area contributed by atoms with Crippen LogP contribution in [0.25, 0.3) is 6.08 Å². The molecule has 1 amide bonds. The normalized spacial score (nSPS) is 19.2. The molecule has 3 N–H and O–H groups in total. The molecule has 1 aromatic carbocycles. The van der Waals surface area contributed by atoms with E-state index < -0.39 is 6.04 Å². The lowest BCUT2D eigenvalue weighted by molar-refractivity contribution is -0.134. The summed E-state index contributed by atoms with van der Waals surface area (Å²) in [5.74, 6) is -0.00212. The SMILES string of the molecule is Cc1n[nH]c(C)c1[C@@H](N)C(=O)N1CCC2(C=Cc3ccccc32)CC1. The number of aromatic nitrogens is 2. The summed E-state index contributed by atoms with van der Waals surface area (Å²) in [5, 5.41) is 7.08. The highest BCUT2D eigenvalue weighted by Crippen LogP contribution is 2.43. The van der Waals surface area contributed by atoms with Crippen molar-refractivity contribution in [3.63, 3.8) is 0 Å². The van der Waals surface area contributed by atoms with E-state index in [0.717, 1.165) is 42.9 Å². The van der Waals surface area contributed by atoms with Crippen LogP contribution in [0.2, 0.25) is 0 Å². The lowest BCUT2D eigenvalue weighted by atomic mass is 9.74. The Kier molecular flexibility index (Phi) is 3.76. The van der Waals surface area contributed by atoms with E-state index >= 15 is 0 Å². The van der Waals surface area contributed by atoms with Crippen molar-refractivity contribution in [1.29, 1.82) is 0 Å². The number of nitrogens with one attached hydrogen (secondary N) is 1. The molecule has 5 heteroatoms. The van der Waals surface area contributed by atoms with Gasteiger partial charge in [-0.25, -0.2) is 0 Å². The number of amides is 1. The number of carbonyl (C=O) groups excluding carboxylic acids is 1. The fourth-order valence-electron chi connectivity index (χ4n) is 4.33. The summed E-state index contributed by atoms with van der Waals surface area (Å²) >= 11 is 0. The van der Waals surface area contributed by atoms with Crippen molar-refractivity contribution in [2.45, 2.75) is 38.1 Å². The van der Waals surface area contributed by atoms with Crippen LogP contribution < -0.4 is 5.73 Å². The van der Waals surface area contributed by atoms with Gasteiger partial charge in [-0.15, -0.1) is 0 Å². The Balaban J connectivity index is 1.50. The van der Waals surface area contributed by atoms with Gasteiger partial charge in [0, 0.05) is 29.8 Å². The zero-order valence-electron chi connectivity index (χ0n) is 14.7. The summed E-state index contributed by atoms with van der Waals surface area (Å²) in [6.45, 7) is 5.27. The second kappa shape index (κ2) is 5.85. The van der Waals surface area contributed by atoms with Gasteiger partial charge in [0.25, 0.3) is 0 Å². The van der Waals surface area contributed by atoms with Crippen LogP contribution in [0.1, 0.15) is 47.0 Å². The number of carbonyl (C=O) groups is 1. The van der Waals surface area contributed by atoms with Crippen molar-refractivity contribution in [3.8, 4) is 0 Å². The fraction of sp³-hybridized carbons (Fsp3) is 0.400. The molecule has 2 heterocycles. The maximum Gasteiger partial charge on any atom is 0.244 e. The number of hydrogen-bond acceptors (Lipinski definition) is 3. The van der Waals surface area contributed by atoms with Gasteiger partial charge in [0.1, 0.15) is 6.04 Å². The van der Waals surface area contributed by atoms with Crippen LogP contribution in [0.3, 0.4) is 0 Å². The lowest BCUT2D eigenvalue weighted by Gasteiger charge is -2.40. The minimum absolute atomic E-state index is 0.00212. The number of rotatable bonds is 2. The molecule has 4 rings (SSSR count). The quantitative estimate of drug-likeness (QED) is 0.885. The molecule has 2 aromatic rings. The van der Waals surface area contributed by atoms with Gasteiger partial charge >= 0.3 is 0 Å². The van der Waals surface area contributed by atoms with E-state index in [1.807, 2.05) is 18.7 Å². The van der Waals surface area contributed by atoms with Crippen molar-refractivity contribution in [2.24, 2.45) is 5.73 Å².